The fraction of sp³-hybridized carbons (Fsp3) is 0.200. The van der Waals surface area contributed by atoms with Crippen molar-refractivity contribution in [3.05, 3.63) is 58.9 Å². The summed E-state index contributed by atoms with van der Waals surface area (Å²) in [5, 5.41) is 0. The minimum Gasteiger partial charge on any atom is -0.399 e. The van der Waals surface area contributed by atoms with E-state index in [0.29, 0.717) is 16.8 Å². The fourth-order valence-electron chi connectivity index (χ4n) is 1.95. The third-order valence-corrected chi connectivity index (χ3v) is 4.91. The van der Waals surface area contributed by atoms with Crippen LogP contribution in [0.3, 0.4) is 0 Å². The molecule has 0 fully saturated rings. The molecule has 0 aliphatic carbocycles. The highest BCUT2D eigenvalue weighted by molar-refractivity contribution is 7.90. The molecule has 0 aromatic heterocycles. The van der Waals surface area contributed by atoms with Crippen molar-refractivity contribution in [2.75, 3.05) is 5.73 Å². The van der Waals surface area contributed by atoms with Crippen LogP contribution in [0, 0.1) is 19.7 Å². The molecule has 106 valence electrons. The number of rotatable bonds is 3. The first kappa shape index (κ1) is 14.5. The van der Waals surface area contributed by atoms with Gasteiger partial charge in [0.2, 0.25) is 0 Å². The van der Waals surface area contributed by atoms with Gasteiger partial charge in [-0.25, -0.2) is 12.8 Å². The lowest BCUT2D eigenvalue weighted by atomic mass is 10.1. The normalized spacial score (nSPS) is 11.6. The minimum absolute atomic E-state index is 0.150. The molecule has 0 saturated carbocycles. The van der Waals surface area contributed by atoms with Crippen LogP contribution in [0.4, 0.5) is 10.1 Å². The lowest BCUT2D eigenvalue weighted by molar-refractivity contribution is 0.594. The van der Waals surface area contributed by atoms with Crippen LogP contribution in [0.5, 0.6) is 0 Å². The maximum absolute atomic E-state index is 13.0. The number of hydrogen-bond acceptors (Lipinski definition) is 3. The molecule has 5 heteroatoms. The van der Waals surface area contributed by atoms with Crippen molar-refractivity contribution in [2.24, 2.45) is 0 Å². The van der Waals surface area contributed by atoms with E-state index in [1.54, 1.807) is 26.0 Å². The minimum atomic E-state index is -3.47. The van der Waals surface area contributed by atoms with Gasteiger partial charge in [-0.2, -0.15) is 0 Å². The molecule has 3 nitrogen and oxygen atoms in total. The van der Waals surface area contributed by atoms with Crippen LogP contribution in [0.1, 0.15) is 16.7 Å². The van der Waals surface area contributed by atoms with Gasteiger partial charge in [0.25, 0.3) is 0 Å². The van der Waals surface area contributed by atoms with Gasteiger partial charge in [-0.3, -0.25) is 0 Å². The first-order chi connectivity index (χ1) is 9.29. The Balaban J connectivity index is 2.38. The van der Waals surface area contributed by atoms with Crippen molar-refractivity contribution in [3.8, 4) is 0 Å². The van der Waals surface area contributed by atoms with E-state index >= 15 is 0 Å². The number of nitrogens with two attached hydrogens (primary N) is 1. The topological polar surface area (TPSA) is 60.2 Å². The summed E-state index contributed by atoms with van der Waals surface area (Å²) in [5.74, 6) is -0.519. The van der Waals surface area contributed by atoms with E-state index in [1.165, 1.54) is 24.3 Å². The Morgan fingerprint density at radius 3 is 2.35 bits per heavy atom. The Kier molecular flexibility index (Phi) is 3.81. The van der Waals surface area contributed by atoms with E-state index in [9.17, 15) is 12.8 Å². The summed E-state index contributed by atoms with van der Waals surface area (Å²) in [6, 6.07) is 8.75. The molecule has 20 heavy (non-hydrogen) atoms. The van der Waals surface area contributed by atoms with Crippen molar-refractivity contribution in [2.45, 2.75) is 24.5 Å². The van der Waals surface area contributed by atoms with E-state index in [1.807, 2.05) is 0 Å². The van der Waals surface area contributed by atoms with Gasteiger partial charge in [0, 0.05) is 5.69 Å². The van der Waals surface area contributed by atoms with Crippen molar-refractivity contribution < 1.29 is 12.8 Å². The van der Waals surface area contributed by atoms with Crippen molar-refractivity contribution >= 4 is 15.5 Å². The second-order valence-corrected chi connectivity index (χ2v) is 6.84. The first-order valence-corrected chi connectivity index (χ1v) is 7.79. The summed E-state index contributed by atoms with van der Waals surface area (Å²) >= 11 is 0. The zero-order chi connectivity index (χ0) is 14.9. The summed E-state index contributed by atoms with van der Waals surface area (Å²) in [4.78, 5) is 0.230. The van der Waals surface area contributed by atoms with Crippen molar-refractivity contribution in [1.82, 2.24) is 0 Å². The molecule has 2 rings (SSSR count). The van der Waals surface area contributed by atoms with Crippen LogP contribution in [-0.4, -0.2) is 8.42 Å². The molecule has 2 aromatic rings. The maximum Gasteiger partial charge on any atom is 0.182 e. The lowest BCUT2D eigenvalue weighted by Crippen LogP contribution is -2.07. The van der Waals surface area contributed by atoms with Gasteiger partial charge in [-0.15, -0.1) is 0 Å². The number of nitrogen functional groups attached to an aromatic ring is 1. The van der Waals surface area contributed by atoms with Gasteiger partial charge in [0.15, 0.2) is 9.84 Å². The monoisotopic (exact) mass is 293 g/mol. The van der Waals surface area contributed by atoms with Crippen molar-refractivity contribution in [1.29, 1.82) is 0 Å². The quantitative estimate of drug-likeness (QED) is 0.885. The van der Waals surface area contributed by atoms with Crippen LogP contribution in [0.15, 0.2) is 41.3 Å². The number of benzene rings is 2. The van der Waals surface area contributed by atoms with Gasteiger partial charge in [-0.1, -0.05) is 6.07 Å². The highest BCUT2D eigenvalue weighted by atomic mass is 32.2. The molecule has 0 unspecified atom stereocenters. The molecule has 0 radical (unpaired) electrons. The highest BCUT2D eigenvalue weighted by Crippen LogP contribution is 2.22. The SMILES string of the molecule is Cc1cc(S(=O)(=O)Cc2ccc(F)cc2C)ccc1N. The van der Waals surface area contributed by atoms with E-state index in [2.05, 4.69) is 0 Å². The van der Waals surface area contributed by atoms with Crippen LogP contribution >= 0.6 is 0 Å². The number of sulfone groups is 1. The van der Waals surface area contributed by atoms with Gasteiger partial charge in [0.1, 0.15) is 5.82 Å². The van der Waals surface area contributed by atoms with Gasteiger partial charge >= 0.3 is 0 Å². The Labute approximate surface area is 118 Å². The first-order valence-electron chi connectivity index (χ1n) is 6.13. The van der Waals surface area contributed by atoms with E-state index in [4.69, 9.17) is 5.73 Å². The fourth-order valence-corrected chi connectivity index (χ4v) is 3.48. The molecular weight excluding hydrogens is 277 g/mol. The van der Waals surface area contributed by atoms with E-state index < -0.39 is 9.84 Å². The summed E-state index contributed by atoms with van der Waals surface area (Å²) < 4.78 is 37.8. The predicted octanol–water partition coefficient (Wildman–Crippen LogP) is 3.00. The standard InChI is InChI=1S/C15H16FNO2S/c1-10-7-13(16)4-3-12(10)9-20(18,19)14-5-6-15(17)11(2)8-14/h3-8H,9,17H2,1-2H3. The van der Waals surface area contributed by atoms with E-state index in [-0.39, 0.29) is 16.5 Å². The number of anilines is 1. The number of halogens is 1. The molecule has 0 amide bonds. The Morgan fingerprint density at radius 1 is 1.05 bits per heavy atom. The summed E-state index contributed by atoms with van der Waals surface area (Å²) in [7, 11) is -3.47. The number of aryl methyl sites for hydroxylation is 2. The predicted molar refractivity (Wildman–Crippen MR) is 77.6 cm³/mol. The smallest absolute Gasteiger partial charge is 0.182 e. The molecule has 2 aromatic carbocycles. The van der Waals surface area contributed by atoms with E-state index in [0.717, 1.165) is 5.56 Å². The average Bonchev–Trinajstić information content (AvgIpc) is 2.36. The maximum atomic E-state index is 13.0. The molecule has 0 aliphatic heterocycles. The highest BCUT2D eigenvalue weighted by Gasteiger charge is 2.17. The summed E-state index contributed by atoms with van der Waals surface area (Å²) in [6.07, 6.45) is 0. The lowest BCUT2D eigenvalue weighted by Gasteiger charge is -2.09. The summed E-state index contributed by atoms with van der Waals surface area (Å²) in [6.45, 7) is 3.46. The number of hydrogen-bond donors (Lipinski definition) is 1. The van der Waals surface area contributed by atoms with Crippen LogP contribution < -0.4 is 5.73 Å². The molecule has 0 atom stereocenters. The second kappa shape index (κ2) is 5.25. The van der Waals surface area contributed by atoms with Crippen LogP contribution in [-0.2, 0) is 15.6 Å². The van der Waals surface area contributed by atoms with Crippen LogP contribution in [0.2, 0.25) is 0 Å². The largest absolute Gasteiger partial charge is 0.399 e. The second-order valence-electron chi connectivity index (χ2n) is 4.85. The Hall–Kier alpha value is -1.88. The molecule has 0 saturated heterocycles. The van der Waals surface area contributed by atoms with Crippen molar-refractivity contribution in [3.63, 3.8) is 0 Å². The molecule has 0 aliphatic rings. The molecule has 0 heterocycles. The van der Waals surface area contributed by atoms with Gasteiger partial charge in [-0.05, 0) is 60.9 Å². The molecular formula is C15H16FNO2S. The van der Waals surface area contributed by atoms with Crippen LogP contribution in [0.25, 0.3) is 0 Å². The third-order valence-electron chi connectivity index (χ3n) is 3.25. The third kappa shape index (κ3) is 2.99. The van der Waals surface area contributed by atoms with Gasteiger partial charge < -0.3 is 5.73 Å². The average molecular weight is 293 g/mol. The zero-order valence-electron chi connectivity index (χ0n) is 11.4. The molecule has 0 spiro atoms. The summed E-state index contributed by atoms with van der Waals surface area (Å²) in [5.41, 5.74) is 8.19. The zero-order valence-corrected chi connectivity index (χ0v) is 12.2. The Morgan fingerprint density at radius 2 is 1.75 bits per heavy atom. The Bertz CT molecular complexity index is 754. The molecule has 2 N–H and O–H groups in total. The van der Waals surface area contributed by atoms with Gasteiger partial charge in [0.05, 0.1) is 10.6 Å². The molecule has 0 bridgehead atoms.